The van der Waals surface area contributed by atoms with Crippen molar-refractivity contribution < 1.29 is 4.43 Å². The van der Waals surface area contributed by atoms with E-state index in [1.807, 2.05) is 30.3 Å². The standard InChI is InChI=1S/C17H26OSi/c1-17(2,3)19(4,5)18-15-11-7-10-14-16-12-8-6-9-13-16/h6,8-9,12-13H,7,11,15H2,1-5H3. The van der Waals surface area contributed by atoms with Crippen LogP contribution in [0.1, 0.15) is 39.2 Å². The summed E-state index contributed by atoms with van der Waals surface area (Å²) in [5, 5.41) is 0.294. The topological polar surface area (TPSA) is 9.23 Å². The van der Waals surface area contributed by atoms with Gasteiger partial charge in [-0.1, -0.05) is 50.8 Å². The fraction of sp³-hybridized carbons (Fsp3) is 0.529. The van der Waals surface area contributed by atoms with Gasteiger partial charge < -0.3 is 4.43 Å². The molecule has 0 aliphatic rings. The third-order valence-electron chi connectivity index (χ3n) is 3.72. The molecule has 0 aliphatic carbocycles. The molecule has 0 aliphatic heterocycles. The zero-order chi connectivity index (χ0) is 14.4. The normalized spacial score (nSPS) is 11.8. The SMILES string of the molecule is CC(C)(C)[Si](C)(C)OCCCC#Cc1ccccc1. The Labute approximate surface area is 119 Å². The molecule has 2 heteroatoms. The van der Waals surface area contributed by atoms with Crippen LogP contribution in [0.15, 0.2) is 30.3 Å². The number of unbranched alkanes of at least 4 members (excludes halogenated alkanes) is 1. The monoisotopic (exact) mass is 274 g/mol. The van der Waals surface area contributed by atoms with Crippen LogP contribution >= 0.6 is 0 Å². The molecule has 19 heavy (non-hydrogen) atoms. The van der Waals surface area contributed by atoms with Gasteiger partial charge in [0.1, 0.15) is 0 Å². The Morgan fingerprint density at radius 2 is 1.74 bits per heavy atom. The van der Waals surface area contributed by atoms with Gasteiger partial charge in [-0.3, -0.25) is 0 Å². The van der Waals surface area contributed by atoms with Gasteiger partial charge in [0.2, 0.25) is 0 Å². The smallest absolute Gasteiger partial charge is 0.191 e. The molecule has 0 saturated carbocycles. The minimum absolute atomic E-state index is 0.294. The van der Waals surface area contributed by atoms with E-state index in [-0.39, 0.29) is 0 Å². The van der Waals surface area contributed by atoms with Crippen LogP contribution < -0.4 is 0 Å². The second-order valence-corrected chi connectivity index (χ2v) is 11.2. The molecule has 1 aromatic carbocycles. The van der Waals surface area contributed by atoms with E-state index < -0.39 is 8.32 Å². The molecule has 1 aromatic rings. The molecule has 1 rings (SSSR count). The van der Waals surface area contributed by atoms with Gasteiger partial charge in [0.15, 0.2) is 8.32 Å². The average Bonchev–Trinajstić information content (AvgIpc) is 2.33. The van der Waals surface area contributed by atoms with Crippen molar-refractivity contribution in [1.29, 1.82) is 0 Å². The van der Waals surface area contributed by atoms with Crippen molar-refractivity contribution in [1.82, 2.24) is 0 Å². The molecule has 0 spiro atoms. The summed E-state index contributed by atoms with van der Waals surface area (Å²) < 4.78 is 6.12. The van der Waals surface area contributed by atoms with Crippen LogP contribution in [-0.2, 0) is 4.43 Å². The fourth-order valence-corrected chi connectivity index (χ4v) is 2.48. The van der Waals surface area contributed by atoms with Crippen LogP contribution in [-0.4, -0.2) is 14.9 Å². The van der Waals surface area contributed by atoms with Gasteiger partial charge in [0.25, 0.3) is 0 Å². The first-order valence-corrected chi connectivity index (χ1v) is 9.92. The van der Waals surface area contributed by atoms with E-state index in [0.717, 1.165) is 25.0 Å². The first-order valence-electron chi connectivity index (χ1n) is 7.01. The lowest BCUT2D eigenvalue weighted by molar-refractivity contribution is 0.284. The summed E-state index contributed by atoms with van der Waals surface area (Å²) in [7, 11) is -1.58. The maximum absolute atomic E-state index is 6.12. The maximum atomic E-state index is 6.12. The highest BCUT2D eigenvalue weighted by molar-refractivity contribution is 6.74. The largest absolute Gasteiger partial charge is 0.417 e. The minimum atomic E-state index is -1.58. The molecule has 0 heterocycles. The third-order valence-corrected chi connectivity index (χ3v) is 8.26. The predicted molar refractivity (Wildman–Crippen MR) is 85.7 cm³/mol. The number of hydrogen-bond donors (Lipinski definition) is 0. The van der Waals surface area contributed by atoms with E-state index in [2.05, 4.69) is 45.7 Å². The van der Waals surface area contributed by atoms with Gasteiger partial charge in [-0.2, -0.15) is 0 Å². The fourth-order valence-electron chi connectivity index (χ4n) is 1.39. The maximum Gasteiger partial charge on any atom is 0.191 e. The van der Waals surface area contributed by atoms with Gasteiger partial charge >= 0.3 is 0 Å². The second kappa shape index (κ2) is 6.93. The molecule has 1 nitrogen and oxygen atoms in total. The van der Waals surface area contributed by atoms with E-state index in [1.165, 1.54) is 0 Å². The first kappa shape index (κ1) is 16.0. The molecule has 0 amide bonds. The summed E-state index contributed by atoms with van der Waals surface area (Å²) in [6, 6.07) is 10.1. The summed E-state index contributed by atoms with van der Waals surface area (Å²) in [6.45, 7) is 12.2. The Balaban J connectivity index is 2.28. The van der Waals surface area contributed by atoms with E-state index in [4.69, 9.17) is 4.43 Å². The Hall–Kier alpha value is -1.04. The van der Waals surface area contributed by atoms with E-state index in [1.54, 1.807) is 0 Å². The highest BCUT2D eigenvalue weighted by Gasteiger charge is 2.36. The number of benzene rings is 1. The van der Waals surface area contributed by atoms with Gasteiger partial charge in [0.05, 0.1) is 0 Å². The molecule has 0 atom stereocenters. The summed E-state index contributed by atoms with van der Waals surface area (Å²) in [6.07, 6.45) is 1.93. The lowest BCUT2D eigenvalue weighted by Crippen LogP contribution is -2.40. The Morgan fingerprint density at radius 1 is 1.11 bits per heavy atom. The summed E-state index contributed by atoms with van der Waals surface area (Å²) in [4.78, 5) is 0. The highest BCUT2D eigenvalue weighted by Crippen LogP contribution is 2.36. The lowest BCUT2D eigenvalue weighted by Gasteiger charge is -2.36. The summed E-state index contributed by atoms with van der Waals surface area (Å²) >= 11 is 0. The van der Waals surface area contributed by atoms with Crippen LogP contribution in [0.5, 0.6) is 0 Å². The molecule has 0 radical (unpaired) electrons. The van der Waals surface area contributed by atoms with Gasteiger partial charge in [0, 0.05) is 18.6 Å². The quantitative estimate of drug-likeness (QED) is 0.434. The van der Waals surface area contributed by atoms with Crippen molar-refractivity contribution in [2.75, 3.05) is 6.61 Å². The van der Waals surface area contributed by atoms with Crippen molar-refractivity contribution >= 4 is 8.32 Å². The molecular formula is C17H26OSi. The van der Waals surface area contributed by atoms with Crippen molar-refractivity contribution in [2.24, 2.45) is 0 Å². The second-order valence-electron chi connectivity index (χ2n) is 6.38. The number of rotatable bonds is 4. The van der Waals surface area contributed by atoms with Crippen LogP contribution in [0.4, 0.5) is 0 Å². The van der Waals surface area contributed by atoms with Crippen LogP contribution in [0.2, 0.25) is 18.1 Å². The molecular weight excluding hydrogens is 248 g/mol. The average molecular weight is 274 g/mol. The van der Waals surface area contributed by atoms with Crippen molar-refractivity contribution in [3.8, 4) is 11.8 Å². The molecule has 0 unspecified atom stereocenters. The lowest BCUT2D eigenvalue weighted by atomic mass is 10.2. The molecule has 104 valence electrons. The van der Waals surface area contributed by atoms with Crippen LogP contribution in [0.25, 0.3) is 0 Å². The van der Waals surface area contributed by atoms with Crippen molar-refractivity contribution in [2.45, 2.75) is 51.7 Å². The Morgan fingerprint density at radius 3 is 2.32 bits per heavy atom. The van der Waals surface area contributed by atoms with E-state index >= 15 is 0 Å². The molecule has 0 fully saturated rings. The van der Waals surface area contributed by atoms with Gasteiger partial charge in [-0.05, 0) is 36.7 Å². The Bertz CT molecular complexity index is 432. The van der Waals surface area contributed by atoms with E-state index in [9.17, 15) is 0 Å². The van der Waals surface area contributed by atoms with Gasteiger partial charge in [-0.25, -0.2) is 0 Å². The minimum Gasteiger partial charge on any atom is -0.417 e. The summed E-state index contributed by atoms with van der Waals surface area (Å²) in [5.74, 6) is 6.39. The zero-order valence-corrected chi connectivity index (χ0v) is 13.9. The number of hydrogen-bond acceptors (Lipinski definition) is 1. The molecule has 0 N–H and O–H groups in total. The first-order chi connectivity index (χ1) is 8.83. The summed E-state index contributed by atoms with van der Waals surface area (Å²) in [5.41, 5.74) is 1.09. The molecule has 0 aromatic heterocycles. The van der Waals surface area contributed by atoms with E-state index in [0.29, 0.717) is 5.04 Å². The van der Waals surface area contributed by atoms with Crippen LogP contribution in [0, 0.1) is 11.8 Å². The van der Waals surface area contributed by atoms with Crippen molar-refractivity contribution in [3.63, 3.8) is 0 Å². The highest BCUT2D eigenvalue weighted by atomic mass is 28.4. The van der Waals surface area contributed by atoms with Crippen molar-refractivity contribution in [3.05, 3.63) is 35.9 Å². The predicted octanol–water partition coefficient (Wildman–Crippen LogP) is 4.84. The molecule has 0 bridgehead atoms. The zero-order valence-electron chi connectivity index (χ0n) is 12.9. The Kier molecular flexibility index (Phi) is 5.84. The van der Waals surface area contributed by atoms with Crippen LogP contribution in [0.3, 0.4) is 0 Å². The third kappa shape index (κ3) is 5.63. The molecule has 0 saturated heterocycles. The van der Waals surface area contributed by atoms with Gasteiger partial charge in [-0.15, -0.1) is 0 Å².